The molecule has 3 heteroatoms. The molecule has 0 radical (unpaired) electrons. The van der Waals surface area contributed by atoms with Gasteiger partial charge in [-0.3, -0.25) is 0 Å². The van der Waals surface area contributed by atoms with Gasteiger partial charge in [-0.25, -0.2) is 4.79 Å². The first-order chi connectivity index (χ1) is 15.8. The summed E-state index contributed by atoms with van der Waals surface area (Å²) in [6, 6.07) is 17.6. The van der Waals surface area contributed by atoms with E-state index in [0.717, 1.165) is 44.3 Å². The summed E-state index contributed by atoms with van der Waals surface area (Å²) in [5, 5.41) is 12.3. The lowest BCUT2D eigenvalue weighted by Crippen LogP contribution is -2.02. The normalized spacial score (nSPS) is 10.4. The second kappa shape index (κ2) is 16.9. The van der Waals surface area contributed by atoms with Gasteiger partial charge in [-0.15, -0.1) is 11.8 Å². The third kappa shape index (κ3) is 12.2. The van der Waals surface area contributed by atoms with Crippen LogP contribution in [0.2, 0.25) is 0 Å². The van der Waals surface area contributed by atoms with Crippen LogP contribution < -0.4 is 5.32 Å². The van der Waals surface area contributed by atoms with Crippen LogP contribution in [0.15, 0.2) is 54.6 Å². The van der Waals surface area contributed by atoms with Gasteiger partial charge in [-0.1, -0.05) is 75.3 Å². The van der Waals surface area contributed by atoms with E-state index in [-0.39, 0.29) is 0 Å². The minimum absolute atomic E-state index is 0.331. The molecule has 2 aromatic rings. The van der Waals surface area contributed by atoms with Crippen molar-refractivity contribution in [2.45, 2.75) is 83.5 Å². The average Bonchev–Trinajstić information content (AvgIpc) is 2.82. The maximum atomic E-state index is 10.8. The third-order valence-corrected chi connectivity index (χ3v) is 5.67. The first-order valence-electron chi connectivity index (χ1n) is 12.3. The lowest BCUT2D eigenvalue weighted by molar-refractivity contribution is 0.0697. The number of hydrogen-bond acceptors (Lipinski definition) is 2. The summed E-state index contributed by atoms with van der Waals surface area (Å²) in [5.41, 5.74) is 2.74. The molecule has 172 valence electrons. The van der Waals surface area contributed by atoms with E-state index in [1.165, 1.54) is 56.9 Å². The molecule has 0 aliphatic rings. The van der Waals surface area contributed by atoms with E-state index in [1.807, 2.05) is 12.1 Å². The molecule has 0 unspecified atom stereocenters. The maximum absolute atomic E-state index is 10.8. The lowest BCUT2D eigenvalue weighted by atomic mass is 10.1. The Morgan fingerprint density at radius 2 is 1.25 bits per heavy atom. The van der Waals surface area contributed by atoms with Crippen molar-refractivity contribution in [1.29, 1.82) is 0 Å². The molecule has 2 aromatic carbocycles. The summed E-state index contributed by atoms with van der Waals surface area (Å²) in [6.45, 7) is 0.944. The van der Waals surface area contributed by atoms with Gasteiger partial charge < -0.3 is 10.4 Å². The Kier molecular flexibility index (Phi) is 13.5. The quantitative estimate of drug-likeness (QED) is 0.210. The topological polar surface area (TPSA) is 49.3 Å². The summed E-state index contributed by atoms with van der Waals surface area (Å²) in [4.78, 5) is 10.8. The SMILES string of the molecule is O=C(O)c1ccc(NCCCCCCCCCCCC#CCCCc2ccccc2)cc1. The van der Waals surface area contributed by atoms with Crippen molar-refractivity contribution < 1.29 is 9.90 Å². The van der Waals surface area contributed by atoms with Crippen LogP contribution in [0.5, 0.6) is 0 Å². The van der Waals surface area contributed by atoms with Crippen molar-refractivity contribution in [1.82, 2.24) is 0 Å². The predicted octanol–water partition coefficient (Wildman–Crippen LogP) is 7.72. The molecule has 0 aliphatic heterocycles. The molecule has 0 saturated carbocycles. The molecule has 0 bridgehead atoms. The predicted molar refractivity (Wildman–Crippen MR) is 135 cm³/mol. The Labute approximate surface area is 194 Å². The maximum Gasteiger partial charge on any atom is 0.335 e. The minimum Gasteiger partial charge on any atom is -0.478 e. The van der Waals surface area contributed by atoms with Crippen molar-refractivity contribution in [3.05, 3.63) is 65.7 Å². The van der Waals surface area contributed by atoms with E-state index in [2.05, 4.69) is 47.5 Å². The van der Waals surface area contributed by atoms with E-state index < -0.39 is 5.97 Å². The smallest absolute Gasteiger partial charge is 0.335 e. The van der Waals surface area contributed by atoms with Gasteiger partial charge in [0.05, 0.1) is 5.56 Å². The summed E-state index contributed by atoms with van der Waals surface area (Å²) >= 11 is 0. The van der Waals surface area contributed by atoms with Gasteiger partial charge in [0.1, 0.15) is 0 Å². The van der Waals surface area contributed by atoms with Crippen LogP contribution in [0, 0.1) is 11.8 Å². The van der Waals surface area contributed by atoms with E-state index in [0.29, 0.717) is 5.56 Å². The standard InChI is InChI=1S/C29H39NO2/c31-29(32)27-21-23-28(24-22-27)30-25-17-12-10-8-6-4-2-1-3-5-7-9-11-14-18-26-19-15-13-16-20-26/h13,15-16,19-24,30H,1-6,8,10-12,14,17-18,25H2,(H,31,32). The second-order valence-corrected chi connectivity index (χ2v) is 8.43. The van der Waals surface area contributed by atoms with Gasteiger partial charge in [0.2, 0.25) is 0 Å². The van der Waals surface area contributed by atoms with Crippen molar-refractivity contribution >= 4 is 11.7 Å². The summed E-state index contributed by atoms with van der Waals surface area (Å²) in [5.74, 6) is 5.79. The van der Waals surface area contributed by atoms with Crippen LogP contribution in [0.25, 0.3) is 0 Å². The highest BCUT2D eigenvalue weighted by atomic mass is 16.4. The van der Waals surface area contributed by atoms with Gasteiger partial charge in [-0.2, -0.15) is 0 Å². The van der Waals surface area contributed by atoms with Gasteiger partial charge in [-0.05, 0) is 55.5 Å². The second-order valence-electron chi connectivity index (χ2n) is 8.43. The minimum atomic E-state index is -0.879. The van der Waals surface area contributed by atoms with E-state index >= 15 is 0 Å². The summed E-state index contributed by atoms with van der Waals surface area (Å²) in [7, 11) is 0. The van der Waals surface area contributed by atoms with Crippen LogP contribution in [0.3, 0.4) is 0 Å². The average molecular weight is 434 g/mol. The zero-order valence-corrected chi connectivity index (χ0v) is 19.5. The molecule has 0 spiro atoms. The number of aryl methyl sites for hydroxylation is 1. The monoisotopic (exact) mass is 433 g/mol. The van der Waals surface area contributed by atoms with Crippen LogP contribution in [-0.2, 0) is 6.42 Å². The number of unbranched alkanes of at least 4 members (excludes halogenated alkanes) is 10. The fourth-order valence-corrected chi connectivity index (χ4v) is 3.74. The van der Waals surface area contributed by atoms with Gasteiger partial charge in [0.25, 0.3) is 0 Å². The van der Waals surface area contributed by atoms with Crippen LogP contribution in [-0.4, -0.2) is 17.6 Å². The fourth-order valence-electron chi connectivity index (χ4n) is 3.74. The Bertz CT molecular complexity index is 803. The van der Waals surface area contributed by atoms with Crippen molar-refractivity contribution in [3.8, 4) is 11.8 Å². The molecule has 0 fully saturated rings. The number of rotatable bonds is 16. The molecule has 0 aromatic heterocycles. The highest BCUT2D eigenvalue weighted by Gasteiger charge is 2.01. The van der Waals surface area contributed by atoms with Gasteiger partial charge in [0.15, 0.2) is 0 Å². The molecular weight excluding hydrogens is 394 g/mol. The third-order valence-electron chi connectivity index (χ3n) is 5.67. The number of aromatic carboxylic acids is 1. The molecule has 2 rings (SSSR count). The van der Waals surface area contributed by atoms with Crippen molar-refractivity contribution in [2.24, 2.45) is 0 Å². The molecule has 32 heavy (non-hydrogen) atoms. The van der Waals surface area contributed by atoms with Crippen LogP contribution in [0.4, 0.5) is 5.69 Å². The Hall–Kier alpha value is -2.73. The van der Waals surface area contributed by atoms with E-state index in [1.54, 1.807) is 12.1 Å². The first-order valence-corrected chi connectivity index (χ1v) is 12.3. The fraction of sp³-hybridized carbons (Fsp3) is 0.483. The zero-order chi connectivity index (χ0) is 22.7. The number of carboxylic acids is 1. The van der Waals surface area contributed by atoms with E-state index in [9.17, 15) is 4.79 Å². The number of anilines is 1. The molecule has 0 saturated heterocycles. The van der Waals surface area contributed by atoms with Crippen LogP contribution in [0.1, 0.15) is 93.0 Å². The molecule has 0 atom stereocenters. The Balaban J connectivity index is 1.31. The van der Waals surface area contributed by atoms with E-state index in [4.69, 9.17) is 5.11 Å². The number of hydrogen-bond donors (Lipinski definition) is 2. The molecule has 0 aliphatic carbocycles. The van der Waals surface area contributed by atoms with Gasteiger partial charge >= 0.3 is 5.97 Å². The van der Waals surface area contributed by atoms with Crippen molar-refractivity contribution in [3.63, 3.8) is 0 Å². The highest BCUT2D eigenvalue weighted by Crippen LogP contribution is 2.12. The molecule has 2 N–H and O–H groups in total. The number of benzene rings is 2. The Morgan fingerprint density at radius 3 is 1.88 bits per heavy atom. The molecule has 0 heterocycles. The highest BCUT2D eigenvalue weighted by molar-refractivity contribution is 5.87. The summed E-state index contributed by atoms with van der Waals surface area (Å²) in [6.07, 6.45) is 16.0. The summed E-state index contributed by atoms with van der Waals surface area (Å²) < 4.78 is 0. The first kappa shape index (κ1) is 25.5. The number of carboxylic acid groups (broad SMARTS) is 1. The number of nitrogens with one attached hydrogen (secondary N) is 1. The molecular formula is C29H39NO2. The zero-order valence-electron chi connectivity index (χ0n) is 19.5. The van der Waals surface area contributed by atoms with Crippen molar-refractivity contribution in [2.75, 3.05) is 11.9 Å². The largest absolute Gasteiger partial charge is 0.478 e. The lowest BCUT2D eigenvalue weighted by Gasteiger charge is -2.06. The number of carbonyl (C=O) groups is 1. The Morgan fingerprint density at radius 1 is 0.688 bits per heavy atom. The molecule has 0 amide bonds. The molecule has 3 nitrogen and oxygen atoms in total. The van der Waals surface area contributed by atoms with Crippen LogP contribution >= 0.6 is 0 Å². The van der Waals surface area contributed by atoms with Gasteiger partial charge in [0, 0.05) is 25.1 Å².